The highest BCUT2D eigenvalue weighted by atomic mass is 19.1. The number of hydrogen-bond donors (Lipinski definition) is 2. The molecule has 1 aromatic heterocycles. The van der Waals surface area contributed by atoms with Gasteiger partial charge in [-0.1, -0.05) is 0 Å². The lowest BCUT2D eigenvalue weighted by Crippen LogP contribution is -2.47. The Labute approximate surface area is 155 Å². The van der Waals surface area contributed by atoms with Crippen LogP contribution in [0.2, 0.25) is 0 Å². The summed E-state index contributed by atoms with van der Waals surface area (Å²) in [5.41, 5.74) is 5.96. The summed E-state index contributed by atoms with van der Waals surface area (Å²) in [5.74, 6) is -1.28. The van der Waals surface area contributed by atoms with Crippen LogP contribution in [0.4, 0.5) is 10.1 Å². The van der Waals surface area contributed by atoms with Gasteiger partial charge in [-0.2, -0.15) is 0 Å². The molecule has 3 N–H and O–H groups in total. The van der Waals surface area contributed by atoms with Crippen LogP contribution in [0.25, 0.3) is 0 Å². The fourth-order valence-electron chi connectivity index (χ4n) is 2.78. The van der Waals surface area contributed by atoms with Gasteiger partial charge < -0.3 is 11.1 Å². The number of carbonyl (C=O) groups excluding carboxylic acids is 2. The van der Waals surface area contributed by atoms with E-state index in [1.165, 1.54) is 42.5 Å². The predicted molar refractivity (Wildman–Crippen MR) is 97.5 cm³/mol. The van der Waals surface area contributed by atoms with E-state index < -0.39 is 17.3 Å². The highest BCUT2D eigenvalue weighted by molar-refractivity contribution is 6.02. The first-order chi connectivity index (χ1) is 12.7. The molecule has 1 atom stereocenters. The van der Waals surface area contributed by atoms with Crippen molar-refractivity contribution in [3.8, 4) is 0 Å². The number of aliphatic imine (C=N–C) groups is 1. The maximum absolute atomic E-state index is 14.5. The predicted octanol–water partition coefficient (Wildman–Crippen LogP) is 1.57. The first-order valence-electron chi connectivity index (χ1n) is 8.21. The van der Waals surface area contributed by atoms with E-state index in [4.69, 9.17) is 5.73 Å². The van der Waals surface area contributed by atoms with Crippen molar-refractivity contribution in [1.82, 2.24) is 14.9 Å². The summed E-state index contributed by atoms with van der Waals surface area (Å²) in [6.45, 7) is 3.39. The second-order valence-corrected chi connectivity index (χ2v) is 6.57. The molecule has 0 aliphatic carbocycles. The molecule has 27 heavy (non-hydrogen) atoms. The zero-order valence-electron chi connectivity index (χ0n) is 15.2. The molecule has 0 fully saturated rings. The number of nitrogens with zero attached hydrogens (tertiary/aromatic N) is 4. The summed E-state index contributed by atoms with van der Waals surface area (Å²) in [7, 11) is 1.51. The Morgan fingerprint density at radius 2 is 2.07 bits per heavy atom. The van der Waals surface area contributed by atoms with Crippen molar-refractivity contribution in [3.05, 3.63) is 53.4 Å². The van der Waals surface area contributed by atoms with Crippen LogP contribution >= 0.6 is 0 Å². The number of anilines is 1. The van der Waals surface area contributed by atoms with Crippen LogP contribution < -0.4 is 11.1 Å². The summed E-state index contributed by atoms with van der Waals surface area (Å²) >= 11 is 0. The van der Waals surface area contributed by atoms with E-state index in [-0.39, 0.29) is 29.5 Å². The Bertz CT molecular complexity index is 943. The molecule has 140 valence electrons. The molecular weight excluding hydrogens is 351 g/mol. The van der Waals surface area contributed by atoms with Gasteiger partial charge in [-0.15, -0.1) is 0 Å². The van der Waals surface area contributed by atoms with Crippen molar-refractivity contribution in [2.75, 3.05) is 12.4 Å². The van der Waals surface area contributed by atoms with E-state index in [2.05, 4.69) is 20.3 Å². The SMILES string of the molecule is Cc1cnc(C(=O)Nc2ccc(F)c(C3(C)CC(=O)N(C)C(N)=N3)c2)cn1. The molecule has 0 spiro atoms. The molecule has 0 saturated heterocycles. The number of aromatic nitrogens is 2. The summed E-state index contributed by atoms with van der Waals surface area (Å²) in [6.07, 6.45) is 2.80. The lowest BCUT2D eigenvalue weighted by molar-refractivity contribution is -0.128. The highest BCUT2D eigenvalue weighted by Gasteiger charge is 2.38. The van der Waals surface area contributed by atoms with Gasteiger partial charge in [0.05, 0.1) is 23.9 Å². The van der Waals surface area contributed by atoms with Crippen LogP contribution in [0.5, 0.6) is 0 Å². The van der Waals surface area contributed by atoms with Crippen molar-refractivity contribution in [3.63, 3.8) is 0 Å². The standard InChI is InChI=1S/C18H19FN6O2/c1-10-8-22-14(9-21-10)16(27)23-11-4-5-13(19)12(6-11)18(2)7-15(26)25(3)17(20)24-18/h4-6,8-9H,7H2,1-3H3,(H2,20,24)(H,23,27). The zero-order chi connectivity index (χ0) is 19.8. The summed E-state index contributed by atoms with van der Waals surface area (Å²) < 4.78 is 14.5. The van der Waals surface area contributed by atoms with E-state index in [9.17, 15) is 14.0 Å². The molecule has 1 aliphatic heterocycles. The zero-order valence-corrected chi connectivity index (χ0v) is 15.2. The number of amides is 2. The second kappa shape index (κ2) is 6.75. The van der Waals surface area contributed by atoms with Crippen molar-refractivity contribution < 1.29 is 14.0 Å². The van der Waals surface area contributed by atoms with E-state index >= 15 is 0 Å². The van der Waals surface area contributed by atoms with E-state index in [0.717, 1.165) is 0 Å². The van der Waals surface area contributed by atoms with Gasteiger partial charge in [0.1, 0.15) is 11.5 Å². The third-order valence-corrected chi connectivity index (χ3v) is 4.39. The molecule has 1 aromatic carbocycles. The van der Waals surface area contributed by atoms with Crippen LogP contribution in [0.15, 0.2) is 35.6 Å². The van der Waals surface area contributed by atoms with E-state index in [1.54, 1.807) is 13.8 Å². The van der Waals surface area contributed by atoms with Crippen LogP contribution in [0.1, 0.15) is 35.1 Å². The number of rotatable bonds is 3. The molecule has 0 radical (unpaired) electrons. The fourth-order valence-corrected chi connectivity index (χ4v) is 2.78. The molecular formula is C18H19FN6O2. The van der Waals surface area contributed by atoms with Gasteiger partial charge in [-0.3, -0.25) is 19.5 Å². The van der Waals surface area contributed by atoms with Gasteiger partial charge in [0, 0.05) is 24.5 Å². The summed E-state index contributed by atoms with van der Waals surface area (Å²) in [5, 5.41) is 2.65. The molecule has 0 saturated carbocycles. The molecule has 0 bridgehead atoms. The van der Waals surface area contributed by atoms with Crippen LogP contribution in [-0.2, 0) is 10.3 Å². The van der Waals surface area contributed by atoms with Gasteiger partial charge in [-0.25, -0.2) is 14.4 Å². The first kappa shape index (κ1) is 18.4. The number of hydrogen-bond acceptors (Lipinski definition) is 6. The minimum Gasteiger partial charge on any atom is -0.369 e. The van der Waals surface area contributed by atoms with Crippen molar-refractivity contribution in [2.24, 2.45) is 10.7 Å². The third kappa shape index (κ3) is 3.62. The van der Waals surface area contributed by atoms with Crippen LogP contribution in [0.3, 0.4) is 0 Å². The number of guanidine groups is 1. The van der Waals surface area contributed by atoms with Crippen molar-refractivity contribution in [1.29, 1.82) is 0 Å². The number of nitrogens with one attached hydrogen (secondary N) is 1. The van der Waals surface area contributed by atoms with Gasteiger partial charge in [0.2, 0.25) is 5.91 Å². The van der Waals surface area contributed by atoms with Gasteiger partial charge in [0.25, 0.3) is 5.91 Å². The second-order valence-electron chi connectivity index (χ2n) is 6.57. The largest absolute Gasteiger partial charge is 0.369 e. The lowest BCUT2D eigenvalue weighted by atomic mass is 9.87. The third-order valence-electron chi connectivity index (χ3n) is 4.39. The summed E-state index contributed by atoms with van der Waals surface area (Å²) in [4.78, 5) is 38.0. The number of aryl methyl sites for hydroxylation is 1. The Morgan fingerprint density at radius 3 is 2.70 bits per heavy atom. The Balaban J connectivity index is 1.92. The number of benzene rings is 1. The molecule has 1 aliphatic rings. The van der Waals surface area contributed by atoms with Crippen molar-refractivity contribution >= 4 is 23.5 Å². The van der Waals surface area contributed by atoms with Gasteiger partial charge in [0.15, 0.2) is 5.96 Å². The average molecular weight is 370 g/mol. The smallest absolute Gasteiger partial charge is 0.275 e. The number of carbonyl (C=O) groups is 2. The van der Waals surface area contributed by atoms with E-state index in [1.807, 2.05) is 0 Å². The Hall–Kier alpha value is -3.36. The average Bonchev–Trinajstić information content (AvgIpc) is 2.61. The molecule has 1 unspecified atom stereocenters. The maximum Gasteiger partial charge on any atom is 0.275 e. The van der Waals surface area contributed by atoms with E-state index in [0.29, 0.717) is 11.4 Å². The monoisotopic (exact) mass is 370 g/mol. The summed E-state index contributed by atoms with van der Waals surface area (Å²) in [6, 6.07) is 4.08. The molecule has 2 heterocycles. The minimum absolute atomic E-state index is 0.0116. The number of halogens is 1. The molecule has 3 rings (SSSR count). The Morgan fingerprint density at radius 1 is 1.33 bits per heavy atom. The van der Waals surface area contributed by atoms with Crippen molar-refractivity contribution in [2.45, 2.75) is 25.8 Å². The highest BCUT2D eigenvalue weighted by Crippen LogP contribution is 2.35. The molecule has 2 amide bonds. The first-order valence-corrected chi connectivity index (χ1v) is 8.21. The van der Waals surface area contributed by atoms with Crippen LogP contribution in [0, 0.1) is 12.7 Å². The Kier molecular flexibility index (Phi) is 4.61. The normalized spacial score (nSPS) is 19.6. The molecule has 2 aromatic rings. The quantitative estimate of drug-likeness (QED) is 0.851. The molecule has 8 nitrogen and oxygen atoms in total. The van der Waals surface area contributed by atoms with Gasteiger partial charge >= 0.3 is 0 Å². The maximum atomic E-state index is 14.5. The van der Waals surface area contributed by atoms with Crippen LogP contribution in [-0.4, -0.2) is 39.7 Å². The topological polar surface area (TPSA) is 114 Å². The fraction of sp³-hybridized carbons (Fsp3) is 0.278. The number of nitrogens with two attached hydrogens (primary N) is 1. The molecule has 9 heteroatoms. The minimum atomic E-state index is -1.16. The van der Waals surface area contributed by atoms with Gasteiger partial charge in [-0.05, 0) is 32.0 Å². The lowest BCUT2D eigenvalue weighted by Gasteiger charge is -2.34.